The Morgan fingerprint density at radius 3 is 2.75 bits per heavy atom. The zero-order chi connectivity index (χ0) is 14.7. The first-order valence-corrected chi connectivity index (χ1v) is 7.39. The Morgan fingerprint density at radius 2 is 2.15 bits per heavy atom. The number of nitrogens with one attached hydrogen (secondary N) is 1. The minimum atomic E-state index is 0.277. The Bertz CT molecular complexity index is 449. The van der Waals surface area contributed by atoms with E-state index in [1.807, 2.05) is 13.1 Å². The zero-order valence-corrected chi connectivity index (χ0v) is 13.2. The lowest BCUT2D eigenvalue weighted by Gasteiger charge is -2.37. The number of nitrogens with zero attached hydrogens (tertiary/aromatic N) is 3. The summed E-state index contributed by atoms with van der Waals surface area (Å²) in [6, 6.07) is 2.02. The third-order valence-corrected chi connectivity index (χ3v) is 4.02. The van der Waals surface area contributed by atoms with Crippen molar-refractivity contribution in [3.63, 3.8) is 0 Å². The summed E-state index contributed by atoms with van der Waals surface area (Å²) in [7, 11) is 3.69. The predicted octanol–water partition coefficient (Wildman–Crippen LogP) is 2.50. The molecule has 1 aliphatic heterocycles. The van der Waals surface area contributed by atoms with Crippen LogP contribution in [0.3, 0.4) is 0 Å². The van der Waals surface area contributed by atoms with Gasteiger partial charge < -0.3 is 15.0 Å². The first-order chi connectivity index (χ1) is 9.55. The van der Waals surface area contributed by atoms with Gasteiger partial charge in [0.15, 0.2) is 0 Å². The molecule has 1 saturated heterocycles. The number of hydrogen-bond acceptors (Lipinski definition) is 5. The Balaban J connectivity index is 2.25. The van der Waals surface area contributed by atoms with E-state index in [0.29, 0.717) is 11.8 Å². The molecule has 0 spiro atoms. The van der Waals surface area contributed by atoms with Crippen LogP contribution in [0.1, 0.15) is 38.9 Å². The molecule has 1 aromatic heterocycles. The van der Waals surface area contributed by atoms with Crippen molar-refractivity contribution in [1.82, 2.24) is 9.97 Å². The summed E-state index contributed by atoms with van der Waals surface area (Å²) in [5, 5.41) is 3.13. The van der Waals surface area contributed by atoms with Gasteiger partial charge in [-0.2, -0.15) is 0 Å². The average molecular weight is 278 g/mol. The van der Waals surface area contributed by atoms with E-state index in [0.717, 1.165) is 37.0 Å². The Morgan fingerprint density at radius 1 is 1.40 bits per heavy atom. The maximum absolute atomic E-state index is 5.59. The second kappa shape index (κ2) is 6.39. The van der Waals surface area contributed by atoms with E-state index >= 15 is 0 Å². The van der Waals surface area contributed by atoms with Crippen LogP contribution in [-0.2, 0) is 4.74 Å². The lowest BCUT2D eigenvalue weighted by Crippen LogP contribution is -2.44. The standard InChI is InChI=1S/C15H26N4O/c1-10(2)15-17-13(16-4)8-14(18-15)19-7-6-11(3)12(9-19)20-5/h8,10-12H,6-7,9H2,1-5H3,(H,16,17,18). The molecule has 0 aliphatic carbocycles. The average Bonchev–Trinajstić information content (AvgIpc) is 2.47. The van der Waals surface area contributed by atoms with E-state index in [1.165, 1.54) is 0 Å². The van der Waals surface area contributed by atoms with Crippen LogP contribution in [0.2, 0.25) is 0 Å². The van der Waals surface area contributed by atoms with Gasteiger partial charge in [0.25, 0.3) is 0 Å². The fraction of sp³-hybridized carbons (Fsp3) is 0.733. The topological polar surface area (TPSA) is 50.3 Å². The van der Waals surface area contributed by atoms with E-state index in [1.54, 1.807) is 7.11 Å². The van der Waals surface area contributed by atoms with Gasteiger partial charge in [-0.25, -0.2) is 9.97 Å². The van der Waals surface area contributed by atoms with Crippen molar-refractivity contribution in [2.75, 3.05) is 37.5 Å². The highest BCUT2D eigenvalue weighted by atomic mass is 16.5. The number of hydrogen-bond donors (Lipinski definition) is 1. The van der Waals surface area contributed by atoms with E-state index in [-0.39, 0.29) is 6.10 Å². The number of methoxy groups -OCH3 is 1. The molecule has 0 amide bonds. The number of ether oxygens (including phenoxy) is 1. The lowest BCUT2D eigenvalue weighted by molar-refractivity contribution is 0.0496. The van der Waals surface area contributed by atoms with Crippen molar-refractivity contribution in [3.05, 3.63) is 11.9 Å². The highest BCUT2D eigenvalue weighted by Gasteiger charge is 2.27. The maximum Gasteiger partial charge on any atom is 0.135 e. The highest BCUT2D eigenvalue weighted by molar-refractivity contribution is 5.49. The smallest absolute Gasteiger partial charge is 0.135 e. The first kappa shape index (κ1) is 15.0. The van der Waals surface area contributed by atoms with Gasteiger partial charge >= 0.3 is 0 Å². The van der Waals surface area contributed by atoms with Gasteiger partial charge in [-0.15, -0.1) is 0 Å². The summed E-state index contributed by atoms with van der Waals surface area (Å²) in [4.78, 5) is 11.5. The number of anilines is 2. The monoisotopic (exact) mass is 278 g/mol. The van der Waals surface area contributed by atoms with Crippen molar-refractivity contribution >= 4 is 11.6 Å². The molecule has 5 nitrogen and oxygen atoms in total. The molecule has 2 heterocycles. The molecule has 2 unspecified atom stereocenters. The molecule has 0 aromatic carbocycles. The van der Waals surface area contributed by atoms with Crippen molar-refractivity contribution in [2.24, 2.45) is 5.92 Å². The lowest BCUT2D eigenvalue weighted by atomic mass is 9.96. The van der Waals surface area contributed by atoms with Crippen molar-refractivity contribution in [1.29, 1.82) is 0 Å². The second-order valence-electron chi connectivity index (χ2n) is 5.86. The van der Waals surface area contributed by atoms with E-state index < -0.39 is 0 Å². The largest absolute Gasteiger partial charge is 0.379 e. The molecule has 1 aliphatic rings. The van der Waals surface area contributed by atoms with E-state index in [9.17, 15) is 0 Å². The van der Waals surface area contributed by atoms with Gasteiger partial charge in [-0.1, -0.05) is 20.8 Å². The first-order valence-electron chi connectivity index (χ1n) is 7.39. The Kier molecular flexibility index (Phi) is 4.81. The van der Waals surface area contributed by atoms with Gasteiger partial charge in [0.2, 0.25) is 0 Å². The van der Waals surface area contributed by atoms with Gasteiger partial charge in [0.05, 0.1) is 6.10 Å². The maximum atomic E-state index is 5.59. The fourth-order valence-electron chi connectivity index (χ4n) is 2.55. The van der Waals surface area contributed by atoms with Gasteiger partial charge in [-0.05, 0) is 12.3 Å². The van der Waals surface area contributed by atoms with Crippen LogP contribution in [0, 0.1) is 5.92 Å². The minimum Gasteiger partial charge on any atom is -0.379 e. The molecule has 112 valence electrons. The number of aromatic nitrogens is 2. The molecular weight excluding hydrogens is 252 g/mol. The molecule has 0 bridgehead atoms. The summed E-state index contributed by atoms with van der Waals surface area (Å²) in [5.74, 6) is 3.70. The molecule has 0 radical (unpaired) electrons. The predicted molar refractivity (Wildman–Crippen MR) is 82.5 cm³/mol. The molecule has 1 N–H and O–H groups in total. The SMILES string of the molecule is CNc1cc(N2CCC(C)C(OC)C2)nc(C(C)C)n1. The quantitative estimate of drug-likeness (QED) is 0.917. The van der Waals surface area contributed by atoms with Crippen LogP contribution in [0.5, 0.6) is 0 Å². The summed E-state index contributed by atoms with van der Waals surface area (Å²) < 4.78 is 5.59. The Labute approximate surface area is 121 Å². The number of rotatable bonds is 4. The van der Waals surface area contributed by atoms with Gasteiger partial charge in [0.1, 0.15) is 17.5 Å². The van der Waals surface area contributed by atoms with Crippen LogP contribution in [-0.4, -0.2) is 43.3 Å². The third kappa shape index (κ3) is 3.20. The van der Waals surface area contributed by atoms with Gasteiger partial charge in [-0.3, -0.25) is 0 Å². The minimum absolute atomic E-state index is 0.277. The van der Waals surface area contributed by atoms with Crippen LogP contribution < -0.4 is 10.2 Å². The van der Waals surface area contributed by atoms with Crippen molar-refractivity contribution in [2.45, 2.75) is 39.2 Å². The highest BCUT2D eigenvalue weighted by Crippen LogP contribution is 2.26. The molecular formula is C15H26N4O. The van der Waals surface area contributed by atoms with Crippen molar-refractivity contribution in [3.8, 4) is 0 Å². The van der Waals surface area contributed by atoms with Crippen LogP contribution in [0.15, 0.2) is 6.07 Å². The van der Waals surface area contributed by atoms with Crippen LogP contribution >= 0.6 is 0 Å². The summed E-state index contributed by atoms with van der Waals surface area (Å²) in [6.07, 6.45) is 1.41. The van der Waals surface area contributed by atoms with E-state index in [2.05, 4.69) is 36.0 Å². The molecule has 2 rings (SSSR count). The molecule has 1 fully saturated rings. The second-order valence-corrected chi connectivity index (χ2v) is 5.86. The molecule has 0 saturated carbocycles. The Hall–Kier alpha value is -1.36. The third-order valence-electron chi connectivity index (χ3n) is 4.02. The summed E-state index contributed by atoms with van der Waals surface area (Å²) in [5.41, 5.74) is 0. The van der Waals surface area contributed by atoms with Crippen LogP contribution in [0.25, 0.3) is 0 Å². The van der Waals surface area contributed by atoms with E-state index in [4.69, 9.17) is 9.72 Å². The molecule has 20 heavy (non-hydrogen) atoms. The molecule has 1 aromatic rings. The van der Waals surface area contributed by atoms with Gasteiger partial charge in [0, 0.05) is 39.2 Å². The summed E-state index contributed by atoms with van der Waals surface area (Å²) >= 11 is 0. The van der Waals surface area contributed by atoms with Crippen LogP contribution in [0.4, 0.5) is 11.6 Å². The number of piperidine rings is 1. The molecule has 2 atom stereocenters. The zero-order valence-electron chi connectivity index (χ0n) is 13.2. The normalized spacial score (nSPS) is 23.2. The molecule has 5 heteroatoms. The van der Waals surface area contributed by atoms with Crippen molar-refractivity contribution < 1.29 is 4.74 Å². The summed E-state index contributed by atoms with van der Waals surface area (Å²) in [6.45, 7) is 8.42. The fourth-order valence-corrected chi connectivity index (χ4v) is 2.55.